The summed E-state index contributed by atoms with van der Waals surface area (Å²) >= 11 is 1.36. The fourth-order valence-corrected chi connectivity index (χ4v) is 3.92. The van der Waals surface area contributed by atoms with Crippen LogP contribution in [0.4, 0.5) is 4.39 Å². The standard InChI is InChI=1S/C20H15FN2O3S/c1-2-7-23-15-11-16-17(26-9-8-25-16)12-18(15)27-20(23)22-19(24)10-13-3-5-14(21)6-4-13/h1,3-6,11-12H,7-10H2. The first-order valence-corrected chi connectivity index (χ1v) is 9.14. The summed E-state index contributed by atoms with van der Waals surface area (Å²) in [5.74, 6) is 3.26. The van der Waals surface area contributed by atoms with Crippen molar-refractivity contribution in [1.82, 2.24) is 4.57 Å². The van der Waals surface area contributed by atoms with Crippen LogP contribution in [0.1, 0.15) is 5.56 Å². The fraction of sp³-hybridized carbons (Fsp3) is 0.200. The molecule has 4 rings (SSSR count). The Bertz CT molecular complexity index is 1120. The van der Waals surface area contributed by atoms with Crippen LogP contribution in [0.25, 0.3) is 10.2 Å². The number of fused-ring (bicyclic) bond motifs is 2. The van der Waals surface area contributed by atoms with E-state index < -0.39 is 0 Å². The van der Waals surface area contributed by atoms with E-state index in [1.54, 1.807) is 16.7 Å². The van der Waals surface area contributed by atoms with E-state index in [0.717, 1.165) is 10.2 Å². The van der Waals surface area contributed by atoms with Crippen LogP contribution in [0.3, 0.4) is 0 Å². The van der Waals surface area contributed by atoms with Gasteiger partial charge in [-0.2, -0.15) is 4.99 Å². The fourth-order valence-electron chi connectivity index (χ4n) is 2.86. The molecule has 1 aliphatic rings. The summed E-state index contributed by atoms with van der Waals surface area (Å²) in [4.78, 5) is 17.1. The average Bonchev–Trinajstić information content (AvgIpc) is 2.98. The molecule has 0 atom stereocenters. The largest absolute Gasteiger partial charge is 0.486 e. The van der Waals surface area contributed by atoms with E-state index in [9.17, 15) is 9.18 Å². The van der Waals surface area contributed by atoms with Gasteiger partial charge in [0, 0.05) is 12.1 Å². The molecule has 1 amide bonds. The van der Waals surface area contributed by atoms with Gasteiger partial charge in [0.15, 0.2) is 16.3 Å². The molecule has 0 fully saturated rings. The summed E-state index contributed by atoms with van der Waals surface area (Å²) < 4.78 is 27.0. The Kier molecular flexibility index (Phi) is 4.65. The molecule has 0 radical (unpaired) electrons. The van der Waals surface area contributed by atoms with Gasteiger partial charge in [-0.15, -0.1) is 6.42 Å². The van der Waals surface area contributed by atoms with Crippen LogP contribution in [0, 0.1) is 18.2 Å². The van der Waals surface area contributed by atoms with Gasteiger partial charge in [-0.05, 0) is 17.7 Å². The average molecular weight is 382 g/mol. The molecule has 0 saturated heterocycles. The molecule has 1 aromatic heterocycles. The minimum atomic E-state index is -0.340. The molecule has 0 saturated carbocycles. The highest BCUT2D eigenvalue weighted by atomic mass is 32.1. The number of nitrogens with zero attached hydrogens (tertiary/aromatic N) is 2. The highest BCUT2D eigenvalue weighted by Crippen LogP contribution is 2.35. The lowest BCUT2D eigenvalue weighted by Gasteiger charge is -2.18. The second-order valence-electron chi connectivity index (χ2n) is 5.95. The summed E-state index contributed by atoms with van der Waals surface area (Å²) in [6.07, 6.45) is 5.59. The highest BCUT2D eigenvalue weighted by Gasteiger charge is 2.16. The molecule has 0 bridgehead atoms. The number of hydrogen-bond donors (Lipinski definition) is 0. The zero-order chi connectivity index (χ0) is 18.8. The maximum atomic E-state index is 13.0. The number of aromatic nitrogens is 1. The van der Waals surface area contributed by atoms with Crippen molar-refractivity contribution >= 4 is 27.5 Å². The van der Waals surface area contributed by atoms with Gasteiger partial charge in [0.05, 0.1) is 23.2 Å². The second kappa shape index (κ2) is 7.25. The van der Waals surface area contributed by atoms with Crippen molar-refractivity contribution in [3.8, 4) is 23.8 Å². The van der Waals surface area contributed by atoms with Crippen LogP contribution in [0.5, 0.6) is 11.5 Å². The van der Waals surface area contributed by atoms with Gasteiger partial charge in [-0.1, -0.05) is 29.4 Å². The van der Waals surface area contributed by atoms with Crippen LogP contribution in [-0.4, -0.2) is 23.7 Å². The molecule has 2 heterocycles. The number of amides is 1. The first-order valence-electron chi connectivity index (χ1n) is 8.32. The monoisotopic (exact) mass is 382 g/mol. The first-order chi connectivity index (χ1) is 13.1. The number of ether oxygens (including phenoxy) is 2. The van der Waals surface area contributed by atoms with E-state index in [1.165, 1.54) is 23.5 Å². The van der Waals surface area contributed by atoms with Crippen LogP contribution in [-0.2, 0) is 17.8 Å². The van der Waals surface area contributed by atoms with E-state index in [1.807, 2.05) is 12.1 Å². The Morgan fingerprint density at radius 1 is 1.22 bits per heavy atom. The molecule has 0 aliphatic carbocycles. The quantitative estimate of drug-likeness (QED) is 0.655. The normalized spacial score (nSPS) is 13.6. The molecule has 1 aliphatic heterocycles. The minimum Gasteiger partial charge on any atom is -0.486 e. The van der Waals surface area contributed by atoms with E-state index in [2.05, 4.69) is 10.9 Å². The Morgan fingerprint density at radius 3 is 2.63 bits per heavy atom. The van der Waals surface area contributed by atoms with Crippen LogP contribution in [0.15, 0.2) is 41.4 Å². The number of hydrogen-bond acceptors (Lipinski definition) is 4. The van der Waals surface area contributed by atoms with Crippen LogP contribution < -0.4 is 14.3 Å². The van der Waals surface area contributed by atoms with E-state index in [-0.39, 0.29) is 24.7 Å². The lowest BCUT2D eigenvalue weighted by molar-refractivity contribution is -0.117. The number of terminal acetylenes is 1. The van der Waals surface area contributed by atoms with E-state index in [0.29, 0.717) is 35.1 Å². The van der Waals surface area contributed by atoms with Crippen molar-refractivity contribution in [3.05, 3.63) is 52.6 Å². The third-order valence-electron chi connectivity index (χ3n) is 4.09. The number of thiazole rings is 1. The van der Waals surface area contributed by atoms with Gasteiger partial charge in [0.2, 0.25) is 0 Å². The van der Waals surface area contributed by atoms with Crippen molar-refractivity contribution in [2.24, 2.45) is 4.99 Å². The first kappa shape index (κ1) is 17.3. The number of carbonyl (C=O) groups excluding carboxylic acids is 1. The Labute approximate surface area is 158 Å². The van der Waals surface area contributed by atoms with Gasteiger partial charge >= 0.3 is 0 Å². The molecular weight excluding hydrogens is 367 g/mol. The van der Waals surface area contributed by atoms with Crippen molar-refractivity contribution in [2.45, 2.75) is 13.0 Å². The molecule has 136 valence electrons. The Morgan fingerprint density at radius 2 is 1.93 bits per heavy atom. The molecule has 27 heavy (non-hydrogen) atoms. The summed E-state index contributed by atoms with van der Waals surface area (Å²) in [6, 6.07) is 9.54. The zero-order valence-corrected chi connectivity index (χ0v) is 15.1. The molecule has 0 spiro atoms. The number of halogens is 1. The predicted molar refractivity (Wildman–Crippen MR) is 100 cm³/mol. The maximum Gasteiger partial charge on any atom is 0.252 e. The minimum absolute atomic E-state index is 0.0906. The van der Waals surface area contributed by atoms with Crippen molar-refractivity contribution in [3.63, 3.8) is 0 Å². The molecule has 3 aromatic rings. The lowest BCUT2D eigenvalue weighted by Crippen LogP contribution is -2.17. The number of carbonyl (C=O) groups is 1. The van der Waals surface area contributed by atoms with Crippen molar-refractivity contribution < 1.29 is 18.7 Å². The summed E-state index contributed by atoms with van der Waals surface area (Å²) in [5.41, 5.74) is 1.54. The Hall–Kier alpha value is -3.11. The van der Waals surface area contributed by atoms with Crippen molar-refractivity contribution in [1.29, 1.82) is 0 Å². The maximum absolute atomic E-state index is 13.0. The SMILES string of the molecule is C#CCn1c(=NC(=O)Cc2ccc(F)cc2)sc2cc3c(cc21)OCCO3. The smallest absolute Gasteiger partial charge is 0.252 e. The Balaban J connectivity index is 1.74. The third kappa shape index (κ3) is 3.57. The predicted octanol–water partition coefficient (Wildman–Crippen LogP) is 2.92. The summed E-state index contributed by atoms with van der Waals surface area (Å²) in [7, 11) is 0. The van der Waals surface area contributed by atoms with Gasteiger partial charge < -0.3 is 14.0 Å². The third-order valence-corrected chi connectivity index (χ3v) is 5.13. The topological polar surface area (TPSA) is 52.8 Å². The van der Waals surface area contributed by atoms with E-state index >= 15 is 0 Å². The summed E-state index contributed by atoms with van der Waals surface area (Å²) in [5, 5.41) is 0. The van der Waals surface area contributed by atoms with E-state index in [4.69, 9.17) is 15.9 Å². The highest BCUT2D eigenvalue weighted by molar-refractivity contribution is 7.16. The van der Waals surface area contributed by atoms with Gasteiger partial charge in [0.25, 0.3) is 5.91 Å². The molecule has 0 unspecified atom stereocenters. The van der Waals surface area contributed by atoms with Gasteiger partial charge in [-0.25, -0.2) is 4.39 Å². The lowest BCUT2D eigenvalue weighted by atomic mass is 10.1. The molecular formula is C20H15FN2O3S. The van der Waals surface area contributed by atoms with Gasteiger partial charge in [-0.3, -0.25) is 4.79 Å². The molecule has 2 aromatic carbocycles. The molecule has 7 heteroatoms. The van der Waals surface area contributed by atoms with Crippen LogP contribution in [0.2, 0.25) is 0 Å². The second-order valence-corrected chi connectivity index (χ2v) is 6.96. The van der Waals surface area contributed by atoms with Crippen molar-refractivity contribution in [2.75, 3.05) is 13.2 Å². The number of rotatable bonds is 3. The molecule has 5 nitrogen and oxygen atoms in total. The van der Waals surface area contributed by atoms with Gasteiger partial charge in [0.1, 0.15) is 19.0 Å². The number of benzene rings is 2. The molecule has 0 N–H and O–H groups in total. The van der Waals surface area contributed by atoms with Crippen LogP contribution >= 0.6 is 11.3 Å². The zero-order valence-electron chi connectivity index (χ0n) is 14.3. The summed E-state index contributed by atoms with van der Waals surface area (Å²) in [6.45, 7) is 1.27.